The molecule has 134 valence electrons. The fourth-order valence-electron chi connectivity index (χ4n) is 2.32. The predicted molar refractivity (Wildman–Crippen MR) is 91.4 cm³/mol. The third-order valence-corrected chi connectivity index (χ3v) is 5.57. The molecule has 2 N–H and O–H groups in total. The zero-order valence-electron chi connectivity index (χ0n) is 13.7. The average molecular weight is 374 g/mol. The van der Waals surface area contributed by atoms with E-state index in [1.165, 1.54) is 43.0 Å². The molecule has 2 heterocycles. The van der Waals surface area contributed by atoms with E-state index < -0.39 is 31.8 Å². The number of carbonyl (C=O) groups is 1. The Hall–Kier alpha value is -3.07. The van der Waals surface area contributed by atoms with Crippen molar-refractivity contribution in [3.8, 4) is 0 Å². The molecule has 0 saturated heterocycles. The van der Waals surface area contributed by atoms with E-state index >= 15 is 0 Å². The molecule has 1 aromatic carbocycles. The first-order valence-corrected chi connectivity index (χ1v) is 9.15. The van der Waals surface area contributed by atoms with Crippen LogP contribution in [0.2, 0.25) is 0 Å². The summed E-state index contributed by atoms with van der Waals surface area (Å²) in [7, 11) is -4.30. The van der Waals surface area contributed by atoms with Gasteiger partial charge < -0.3 is 10.3 Å². The lowest BCUT2D eigenvalue weighted by Gasteiger charge is -2.19. The highest BCUT2D eigenvalue weighted by Crippen LogP contribution is 2.27. The van der Waals surface area contributed by atoms with E-state index in [1.807, 2.05) is 0 Å². The van der Waals surface area contributed by atoms with Crippen molar-refractivity contribution in [3.63, 3.8) is 0 Å². The minimum atomic E-state index is -4.30. The highest BCUT2D eigenvalue weighted by Gasteiger charge is 2.34. The zero-order valence-corrected chi connectivity index (χ0v) is 14.5. The predicted octanol–water partition coefficient (Wildman–Crippen LogP) is 2.15. The number of aromatic amines is 1. The van der Waals surface area contributed by atoms with Gasteiger partial charge in [0.05, 0.1) is 23.1 Å². The molecule has 0 bridgehead atoms. The average Bonchev–Trinajstić information content (AvgIpc) is 3.15. The van der Waals surface area contributed by atoms with Crippen LogP contribution in [-0.4, -0.2) is 29.3 Å². The number of hydrogen-bond donors (Lipinski definition) is 2. The number of aromatic nitrogens is 3. The maximum absolute atomic E-state index is 14.1. The van der Waals surface area contributed by atoms with Gasteiger partial charge in [-0.3, -0.25) is 14.8 Å². The van der Waals surface area contributed by atoms with Gasteiger partial charge in [0.25, 0.3) is 5.91 Å². The van der Waals surface area contributed by atoms with Crippen LogP contribution in [0.3, 0.4) is 0 Å². The highest BCUT2D eigenvalue weighted by molar-refractivity contribution is 7.91. The number of benzene rings is 1. The number of H-pyrrole nitrogens is 1. The van der Waals surface area contributed by atoms with Gasteiger partial charge in [0, 0.05) is 18.6 Å². The summed E-state index contributed by atoms with van der Waals surface area (Å²) >= 11 is 0. The Balaban J connectivity index is 2.06. The molecular weight excluding hydrogens is 359 g/mol. The second-order valence-electron chi connectivity index (χ2n) is 5.51. The van der Waals surface area contributed by atoms with Crippen LogP contribution in [-0.2, 0) is 9.84 Å². The van der Waals surface area contributed by atoms with Crippen molar-refractivity contribution in [1.29, 1.82) is 0 Å². The third kappa shape index (κ3) is 3.47. The van der Waals surface area contributed by atoms with Crippen LogP contribution in [0.5, 0.6) is 0 Å². The molecule has 0 aliphatic heterocycles. The number of nitrogens with zero attached hydrogens (tertiary/aromatic N) is 2. The summed E-state index contributed by atoms with van der Waals surface area (Å²) in [5, 5.41) is 0.817. The summed E-state index contributed by atoms with van der Waals surface area (Å²) in [6.07, 6.45) is 5.57. The molecule has 0 radical (unpaired) electrons. The smallest absolute Gasteiger partial charge is 0.254 e. The number of sulfone groups is 1. The van der Waals surface area contributed by atoms with Gasteiger partial charge in [-0.05, 0) is 25.1 Å². The van der Waals surface area contributed by atoms with Crippen molar-refractivity contribution in [2.75, 3.05) is 0 Å². The Morgan fingerprint density at radius 2 is 1.96 bits per heavy atom. The lowest BCUT2D eigenvalue weighted by Crippen LogP contribution is -2.34. The molecule has 0 aliphatic rings. The SMILES string of the molecule is Cc1cnc(C(NC(=O)c2cc[nH]c2)S(=O)(=O)c2ccccc2F)cn1. The maximum atomic E-state index is 14.1. The van der Waals surface area contributed by atoms with Gasteiger partial charge in [-0.15, -0.1) is 0 Å². The monoisotopic (exact) mass is 374 g/mol. The first kappa shape index (κ1) is 17.7. The topological polar surface area (TPSA) is 105 Å². The van der Waals surface area contributed by atoms with E-state index in [9.17, 15) is 17.6 Å². The molecule has 0 spiro atoms. The number of nitrogens with one attached hydrogen (secondary N) is 2. The fraction of sp³-hybridized carbons (Fsp3) is 0.118. The van der Waals surface area contributed by atoms with Crippen molar-refractivity contribution < 1.29 is 17.6 Å². The van der Waals surface area contributed by atoms with Gasteiger partial charge in [0.2, 0.25) is 9.84 Å². The van der Waals surface area contributed by atoms with Crippen LogP contribution in [0.1, 0.15) is 27.1 Å². The molecule has 7 nitrogen and oxygen atoms in total. The fourth-order valence-corrected chi connectivity index (χ4v) is 3.88. The summed E-state index contributed by atoms with van der Waals surface area (Å²) in [5.74, 6) is -1.55. The van der Waals surface area contributed by atoms with Gasteiger partial charge in [-0.2, -0.15) is 0 Å². The largest absolute Gasteiger partial charge is 0.367 e. The number of amides is 1. The number of halogens is 1. The van der Waals surface area contributed by atoms with Gasteiger partial charge >= 0.3 is 0 Å². The van der Waals surface area contributed by atoms with Crippen molar-refractivity contribution >= 4 is 15.7 Å². The van der Waals surface area contributed by atoms with Crippen molar-refractivity contribution in [2.45, 2.75) is 17.2 Å². The van der Waals surface area contributed by atoms with Crippen molar-refractivity contribution in [3.05, 3.63) is 77.9 Å². The summed E-state index contributed by atoms with van der Waals surface area (Å²) in [4.78, 5) is 22.6. The molecule has 3 aromatic rings. The van der Waals surface area contributed by atoms with E-state index in [-0.39, 0.29) is 11.3 Å². The van der Waals surface area contributed by atoms with Crippen LogP contribution in [0.25, 0.3) is 0 Å². The molecule has 2 aromatic heterocycles. The molecule has 0 saturated carbocycles. The molecule has 26 heavy (non-hydrogen) atoms. The number of rotatable bonds is 5. The Labute approximate surface area is 149 Å². The van der Waals surface area contributed by atoms with Crippen LogP contribution in [0.15, 0.2) is 60.0 Å². The Bertz CT molecular complexity index is 1020. The Morgan fingerprint density at radius 1 is 1.19 bits per heavy atom. The molecule has 1 atom stereocenters. The van der Waals surface area contributed by atoms with Crippen molar-refractivity contribution in [1.82, 2.24) is 20.3 Å². The van der Waals surface area contributed by atoms with E-state index in [0.29, 0.717) is 5.69 Å². The first-order chi connectivity index (χ1) is 12.4. The minimum absolute atomic E-state index is 0.0114. The number of carbonyl (C=O) groups excluding carboxylic acids is 1. The Kier molecular flexibility index (Phi) is 4.81. The normalized spacial score (nSPS) is 12.5. The molecule has 0 fully saturated rings. The van der Waals surface area contributed by atoms with E-state index in [0.717, 1.165) is 12.1 Å². The minimum Gasteiger partial charge on any atom is -0.367 e. The van der Waals surface area contributed by atoms with Crippen molar-refractivity contribution in [2.24, 2.45) is 0 Å². The van der Waals surface area contributed by atoms with Gasteiger partial charge in [0.15, 0.2) is 5.37 Å². The second-order valence-corrected chi connectivity index (χ2v) is 7.51. The lowest BCUT2D eigenvalue weighted by molar-refractivity contribution is 0.0947. The highest BCUT2D eigenvalue weighted by atomic mass is 32.2. The second kappa shape index (κ2) is 7.04. The summed E-state index contributed by atoms with van der Waals surface area (Å²) in [6.45, 7) is 1.69. The van der Waals surface area contributed by atoms with Gasteiger partial charge in [-0.25, -0.2) is 12.8 Å². The van der Waals surface area contributed by atoms with Crippen LogP contribution in [0.4, 0.5) is 4.39 Å². The van der Waals surface area contributed by atoms with E-state index in [1.54, 1.807) is 6.92 Å². The molecule has 0 aliphatic carbocycles. The summed E-state index contributed by atoms with van der Waals surface area (Å²) < 4.78 is 40.1. The quantitative estimate of drug-likeness (QED) is 0.712. The Morgan fingerprint density at radius 3 is 2.58 bits per heavy atom. The van der Waals surface area contributed by atoms with Crippen LogP contribution >= 0.6 is 0 Å². The third-order valence-electron chi connectivity index (χ3n) is 3.65. The number of aryl methyl sites for hydroxylation is 1. The maximum Gasteiger partial charge on any atom is 0.254 e. The standard InChI is InChI=1S/C17H15FN4O3S/c1-11-8-21-14(10-20-11)17(22-16(23)12-6-7-19-9-12)26(24,25)15-5-3-2-4-13(15)18/h2-10,17,19H,1H3,(H,22,23). The number of hydrogen-bond acceptors (Lipinski definition) is 5. The molecule has 1 unspecified atom stereocenters. The lowest BCUT2D eigenvalue weighted by atomic mass is 10.3. The summed E-state index contributed by atoms with van der Waals surface area (Å²) in [6, 6.07) is 6.46. The molecule has 9 heteroatoms. The zero-order chi connectivity index (χ0) is 18.7. The molecule has 1 amide bonds. The summed E-state index contributed by atoms with van der Waals surface area (Å²) in [5.41, 5.74) is 0.800. The first-order valence-electron chi connectivity index (χ1n) is 7.60. The van der Waals surface area contributed by atoms with Crippen LogP contribution in [0, 0.1) is 12.7 Å². The van der Waals surface area contributed by atoms with Crippen LogP contribution < -0.4 is 5.32 Å². The molecule has 3 rings (SSSR count). The van der Waals surface area contributed by atoms with Gasteiger partial charge in [0.1, 0.15) is 10.7 Å². The van der Waals surface area contributed by atoms with E-state index in [2.05, 4.69) is 20.3 Å². The van der Waals surface area contributed by atoms with Gasteiger partial charge in [-0.1, -0.05) is 12.1 Å². The van der Waals surface area contributed by atoms with E-state index in [4.69, 9.17) is 0 Å². The molecular formula is C17H15FN4O3S.